The van der Waals surface area contributed by atoms with Crippen molar-refractivity contribution >= 4 is 56.2 Å². The van der Waals surface area contributed by atoms with Crippen LogP contribution in [0.2, 0.25) is 0 Å². The van der Waals surface area contributed by atoms with Crippen LogP contribution in [0.3, 0.4) is 0 Å². The lowest BCUT2D eigenvalue weighted by molar-refractivity contribution is -0.119. The van der Waals surface area contributed by atoms with Crippen LogP contribution in [0.4, 0.5) is 17.1 Å². The van der Waals surface area contributed by atoms with Crippen molar-refractivity contribution in [3.05, 3.63) is 89.5 Å². The second-order valence-electron chi connectivity index (χ2n) is 10.7. The normalized spacial score (nSPS) is 16.1. The summed E-state index contributed by atoms with van der Waals surface area (Å²) < 4.78 is 26.9. The van der Waals surface area contributed by atoms with E-state index in [9.17, 15) is 27.9 Å². The van der Waals surface area contributed by atoms with Crippen molar-refractivity contribution < 1.29 is 32.5 Å². The fourth-order valence-electron chi connectivity index (χ4n) is 4.80. The van der Waals surface area contributed by atoms with Crippen LogP contribution < -0.4 is 15.5 Å². The van der Waals surface area contributed by atoms with Crippen LogP contribution in [0.15, 0.2) is 72.8 Å². The van der Waals surface area contributed by atoms with Gasteiger partial charge in [0.15, 0.2) is 0 Å². The van der Waals surface area contributed by atoms with Gasteiger partial charge in [0.25, 0.3) is 16.0 Å². The molecule has 4 N–H and O–H groups in total. The Balaban J connectivity index is 0.000000700. The van der Waals surface area contributed by atoms with E-state index in [0.717, 1.165) is 43.1 Å². The molecule has 2 aliphatic rings. The summed E-state index contributed by atoms with van der Waals surface area (Å²) in [4.78, 5) is 43.5. The van der Waals surface area contributed by atoms with Crippen LogP contribution in [-0.2, 0) is 19.7 Å². The molecule has 0 aliphatic carbocycles. The van der Waals surface area contributed by atoms with Crippen LogP contribution in [0.5, 0.6) is 0 Å². The number of anilines is 3. The predicted molar refractivity (Wildman–Crippen MR) is 175 cm³/mol. The van der Waals surface area contributed by atoms with Gasteiger partial charge < -0.3 is 25.5 Å². The zero-order chi connectivity index (χ0) is 32.7. The lowest BCUT2D eigenvalue weighted by atomic mass is 9.99. The van der Waals surface area contributed by atoms with E-state index < -0.39 is 16.1 Å². The second-order valence-corrected chi connectivity index (χ2v) is 12.5. The molecule has 3 aromatic rings. The lowest BCUT2D eigenvalue weighted by Crippen LogP contribution is -2.48. The molecule has 0 radical (unpaired) electrons. The molecular weight excluding hydrogens is 598 g/mol. The Morgan fingerprint density at radius 2 is 1.58 bits per heavy atom. The zero-order valence-electron chi connectivity index (χ0n) is 25.4. The molecule has 2 amide bonds. The number of carboxylic acids is 1. The van der Waals surface area contributed by atoms with Crippen LogP contribution >= 0.6 is 0 Å². The fraction of sp³-hybridized carbons (Fsp3) is 0.281. The smallest absolute Gasteiger partial charge is 0.335 e. The van der Waals surface area contributed by atoms with Gasteiger partial charge in [-0.05, 0) is 55.9 Å². The minimum atomic E-state index is -3.66. The van der Waals surface area contributed by atoms with Gasteiger partial charge in [-0.1, -0.05) is 36.4 Å². The molecule has 0 atom stereocenters. The molecule has 238 valence electrons. The van der Waals surface area contributed by atoms with Crippen molar-refractivity contribution in [3.63, 3.8) is 0 Å². The molecule has 0 aromatic heterocycles. The minimum absolute atomic E-state index is 0.0346. The van der Waals surface area contributed by atoms with E-state index in [2.05, 4.69) is 27.5 Å². The van der Waals surface area contributed by atoms with Crippen LogP contribution in [0.25, 0.3) is 11.3 Å². The first kappa shape index (κ1) is 33.3. The molecule has 1 fully saturated rings. The molecule has 12 nitrogen and oxygen atoms in total. The summed E-state index contributed by atoms with van der Waals surface area (Å²) in [6.45, 7) is 5.43. The highest BCUT2D eigenvalue weighted by Gasteiger charge is 2.29. The van der Waals surface area contributed by atoms with Crippen molar-refractivity contribution in [2.75, 3.05) is 68.1 Å². The van der Waals surface area contributed by atoms with Crippen molar-refractivity contribution in [3.8, 4) is 0 Å². The first-order chi connectivity index (χ1) is 21.4. The SMILES string of the molecule is CCS(=O)(=O)O.CN1CCN(CC(=O)N(C)c2ccc(NC(=C3C(=O)Nc4cc(C(=O)O)ccc43)c3ccccc3)cc2)CC1. The summed E-state index contributed by atoms with van der Waals surface area (Å²) in [6.07, 6.45) is 0. The number of carboxylic acid groups (broad SMARTS) is 1. The Kier molecular flexibility index (Phi) is 10.7. The van der Waals surface area contributed by atoms with Crippen molar-refractivity contribution in [1.82, 2.24) is 9.80 Å². The number of rotatable bonds is 8. The van der Waals surface area contributed by atoms with Gasteiger partial charge in [0.05, 0.1) is 34.8 Å². The number of hydrogen-bond acceptors (Lipinski definition) is 8. The van der Waals surface area contributed by atoms with E-state index in [4.69, 9.17) is 4.55 Å². The van der Waals surface area contributed by atoms with E-state index in [-0.39, 0.29) is 23.1 Å². The molecule has 5 rings (SSSR count). The average molecular weight is 636 g/mol. The summed E-state index contributed by atoms with van der Waals surface area (Å²) in [6, 6.07) is 21.6. The number of fused-ring (bicyclic) bond motifs is 1. The summed E-state index contributed by atoms with van der Waals surface area (Å²) >= 11 is 0. The van der Waals surface area contributed by atoms with Gasteiger partial charge in [-0.3, -0.25) is 19.0 Å². The van der Waals surface area contributed by atoms with Crippen molar-refractivity contribution in [2.45, 2.75) is 6.92 Å². The number of piperazine rings is 1. The number of nitrogens with one attached hydrogen (secondary N) is 2. The number of likely N-dealkylation sites (N-methyl/N-ethyl adjacent to an activating group) is 2. The third-order valence-corrected chi connectivity index (χ3v) is 8.27. The summed E-state index contributed by atoms with van der Waals surface area (Å²) in [5.74, 6) is -1.54. The van der Waals surface area contributed by atoms with Gasteiger partial charge in [0.2, 0.25) is 5.91 Å². The molecule has 2 aliphatic heterocycles. The highest BCUT2D eigenvalue weighted by molar-refractivity contribution is 7.85. The van der Waals surface area contributed by atoms with Crippen molar-refractivity contribution in [1.29, 1.82) is 0 Å². The van der Waals surface area contributed by atoms with Crippen LogP contribution in [0, 0.1) is 0 Å². The molecule has 45 heavy (non-hydrogen) atoms. The first-order valence-electron chi connectivity index (χ1n) is 14.3. The van der Waals surface area contributed by atoms with Gasteiger partial charge in [0.1, 0.15) is 0 Å². The second kappa shape index (κ2) is 14.5. The Hall–Kier alpha value is -4.56. The maximum absolute atomic E-state index is 13.1. The molecule has 0 saturated carbocycles. The predicted octanol–water partition coefficient (Wildman–Crippen LogP) is 3.42. The Morgan fingerprint density at radius 1 is 0.956 bits per heavy atom. The number of benzene rings is 3. The van der Waals surface area contributed by atoms with E-state index in [1.807, 2.05) is 54.6 Å². The third kappa shape index (κ3) is 8.76. The van der Waals surface area contributed by atoms with Crippen molar-refractivity contribution in [2.24, 2.45) is 0 Å². The van der Waals surface area contributed by atoms with Gasteiger partial charge >= 0.3 is 5.97 Å². The molecule has 1 saturated heterocycles. The Labute approximate surface area is 262 Å². The van der Waals surface area contributed by atoms with E-state index in [0.29, 0.717) is 29.1 Å². The molecule has 2 heterocycles. The number of aromatic carboxylic acids is 1. The molecule has 0 unspecified atom stereocenters. The molecule has 0 spiro atoms. The summed E-state index contributed by atoms with van der Waals surface area (Å²) in [5, 5.41) is 15.5. The Morgan fingerprint density at radius 3 is 2.16 bits per heavy atom. The van der Waals surface area contributed by atoms with Crippen LogP contribution in [0.1, 0.15) is 28.4 Å². The minimum Gasteiger partial charge on any atom is -0.478 e. The molecule has 13 heteroatoms. The quantitative estimate of drug-likeness (QED) is 0.213. The van der Waals surface area contributed by atoms with E-state index in [1.54, 1.807) is 18.0 Å². The van der Waals surface area contributed by atoms with Gasteiger partial charge in [0, 0.05) is 50.2 Å². The third-order valence-electron chi connectivity index (χ3n) is 7.54. The highest BCUT2D eigenvalue weighted by atomic mass is 32.2. The molecular formula is C32H37N5O7S. The number of carbonyl (C=O) groups excluding carboxylic acids is 2. The van der Waals surface area contributed by atoms with E-state index in [1.165, 1.54) is 19.1 Å². The maximum Gasteiger partial charge on any atom is 0.335 e. The van der Waals surface area contributed by atoms with Gasteiger partial charge in [-0.2, -0.15) is 8.42 Å². The number of amides is 2. The largest absolute Gasteiger partial charge is 0.478 e. The summed E-state index contributed by atoms with van der Waals surface area (Å²) in [5.41, 5.74) is 4.54. The number of hydrogen-bond donors (Lipinski definition) is 4. The molecule has 3 aromatic carbocycles. The zero-order valence-corrected chi connectivity index (χ0v) is 26.2. The number of carbonyl (C=O) groups is 3. The highest BCUT2D eigenvalue weighted by Crippen LogP contribution is 2.38. The first-order valence-corrected chi connectivity index (χ1v) is 16.0. The fourth-order valence-corrected chi connectivity index (χ4v) is 4.80. The lowest BCUT2D eigenvalue weighted by Gasteiger charge is -2.32. The topological polar surface area (TPSA) is 160 Å². The standard InChI is InChI=1S/C30H31N5O4.C2H6O3S/c1-33-14-16-35(17-15-33)19-26(36)34(2)23-11-9-22(10-12-23)31-28(20-6-4-3-5-7-20)27-24-13-8-21(30(38)39)18-25(24)32-29(27)37;1-2-6(3,4)5/h3-13,18,31H,14-17,19H2,1-2H3,(H,32,37)(H,38,39);2H2,1H3,(H,3,4,5). The van der Waals surface area contributed by atoms with Gasteiger partial charge in [-0.15, -0.1) is 0 Å². The average Bonchev–Trinajstić information content (AvgIpc) is 3.35. The van der Waals surface area contributed by atoms with Gasteiger partial charge in [-0.25, -0.2) is 4.79 Å². The van der Waals surface area contributed by atoms with E-state index >= 15 is 0 Å². The molecule has 0 bridgehead atoms. The maximum atomic E-state index is 13.1. The Bertz CT molecular complexity index is 1680. The van der Waals surface area contributed by atoms with Crippen LogP contribution in [-0.4, -0.2) is 98.2 Å². The summed E-state index contributed by atoms with van der Waals surface area (Å²) in [7, 11) is 0.209. The number of nitrogens with zero attached hydrogens (tertiary/aromatic N) is 3. The monoisotopic (exact) mass is 635 g/mol.